The van der Waals surface area contributed by atoms with Gasteiger partial charge in [0.25, 0.3) is 5.91 Å². The molecule has 4 heteroatoms. The molecule has 0 saturated carbocycles. The zero-order valence-corrected chi connectivity index (χ0v) is 12.1. The van der Waals surface area contributed by atoms with E-state index in [0.29, 0.717) is 11.3 Å². The fourth-order valence-electron chi connectivity index (χ4n) is 2.97. The Balaban J connectivity index is 1.92. The molecule has 2 N–H and O–H groups in total. The second-order valence-corrected chi connectivity index (χ2v) is 5.51. The van der Waals surface area contributed by atoms with Gasteiger partial charge in [-0.15, -0.1) is 0 Å². The van der Waals surface area contributed by atoms with Gasteiger partial charge in [-0.2, -0.15) is 0 Å². The van der Waals surface area contributed by atoms with Crippen LogP contribution in [0.4, 0.5) is 5.69 Å². The number of carbonyl (C=O) groups excluding carboxylic acids is 1. The molecule has 0 bridgehead atoms. The van der Waals surface area contributed by atoms with E-state index in [4.69, 9.17) is 5.73 Å². The van der Waals surface area contributed by atoms with Gasteiger partial charge in [0.05, 0.1) is 6.04 Å². The molecule has 1 fully saturated rings. The minimum absolute atomic E-state index is 0.0686. The number of nitrogens with two attached hydrogens (primary N) is 1. The molecule has 3 rings (SSSR count). The van der Waals surface area contributed by atoms with Crippen molar-refractivity contribution in [1.82, 2.24) is 9.88 Å². The Hall–Kier alpha value is -2.36. The highest BCUT2D eigenvalue weighted by molar-refractivity contribution is 5.97. The highest BCUT2D eigenvalue weighted by Gasteiger charge is 2.31. The molecular weight excluding hydrogens is 262 g/mol. The van der Waals surface area contributed by atoms with Crippen molar-refractivity contribution in [2.75, 3.05) is 12.3 Å². The first-order chi connectivity index (χ1) is 10.2. The summed E-state index contributed by atoms with van der Waals surface area (Å²) >= 11 is 0. The number of aromatic nitrogens is 1. The SMILES string of the molecule is Cc1ccc(N)cc1C(=O)N1CCCC1c1ccncc1. The molecule has 1 aliphatic rings. The van der Waals surface area contributed by atoms with Crippen molar-refractivity contribution < 1.29 is 4.79 Å². The van der Waals surface area contributed by atoms with Gasteiger partial charge >= 0.3 is 0 Å². The first kappa shape index (κ1) is 13.6. The van der Waals surface area contributed by atoms with Gasteiger partial charge in [-0.1, -0.05) is 6.07 Å². The van der Waals surface area contributed by atoms with E-state index in [-0.39, 0.29) is 11.9 Å². The molecule has 2 aromatic rings. The molecule has 0 aliphatic carbocycles. The number of nitrogen functional groups attached to an aromatic ring is 1. The summed E-state index contributed by atoms with van der Waals surface area (Å²) in [4.78, 5) is 18.9. The highest BCUT2D eigenvalue weighted by atomic mass is 16.2. The molecule has 1 atom stereocenters. The molecule has 1 aromatic carbocycles. The van der Waals surface area contributed by atoms with E-state index in [1.54, 1.807) is 18.5 Å². The van der Waals surface area contributed by atoms with E-state index < -0.39 is 0 Å². The van der Waals surface area contributed by atoms with Crippen LogP contribution in [0.3, 0.4) is 0 Å². The summed E-state index contributed by atoms with van der Waals surface area (Å²) < 4.78 is 0. The molecule has 1 aliphatic heterocycles. The summed E-state index contributed by atoms with van der Waals surface area (Å²) in [5.41, 5.74) is 9.28. The first-order valence-corrected chi connectivity index (χ1v) is 7.24. The van der Waals surface area contributed by atoms with Crippen LogP contribution in [0.15, 0.2) is 42.7 Å². The van der Waals surface area contributed by atoms with E-state index in [1.165, 1.54) is 0 Å². The topological polar surface area (TPSA) is 59.2 Å². The fourth-order valence-corrected chi connectivity index (χ4v) is 2.97. The van der Waals surface area contributed by atoms with E-state index >= 15 is 0 Å². The molecule has 1 saturated heterocycles. The largest absolute Gasteiger partial charge is 0.399 e. The van der Waals surface area contributed by atoms with E-state index in [1.807, 2.05) is 36.1 Å². The van der Waals surface area contributed by atoms with Crippen LogP contribution in [0.5, 0.6) is 0 Å². The zero-order chi connectivity index (χ0) is 14.8. The second kappa shape index (κ2) is 5.56. The summed E-state index contributed by atoms with van der Waals surface area (Å²) in [6.07, 6.45) is 5.58. The standard InChI is InChI=1S/C17H19N3O/c1-12-4-5-14(18)11-15(12)17(21)20-10-2-3-16(20)13-6-8-19-9-7-13/h4-9,11,16H,2-3,10,18H2,1H3. The van der Waals surface area contributed by atoms with E-state index in [0.717, 1.165) is 30.5 Å². The predicted octanol–water partition coefficient (Wildman–Crippen LogP) is 2.95. The zero-order valence-electron chi connectivity index (χ0n) is 12.1. The number of carbonyl (C=O) groups is 1. The predicted molar refractivity (Wildman–Crippen MR) is 82.8 cm³/mol. The van der Waals surface area contributed by atoms with Gasteiger partial charge in [0.1, 0.15) is 0 Å². The fraction of sp³-hybridized carbons (Fsp3) is 0.294. The third-order valence-corrected chi connectivity index (χ3v) is 4.10. The average molecular weight is 281 g/mol. The van der Waals surface area contributed by atoms with Gasteiger partial charge in [0.2, 0.25) is 0 Å². The molecule has 1 amide bonds. The molecule has 1 aromatic heterocycles. The smallest absolute Gasteiger partial charge is 0.254 e. The van der Waals surface area contributed by atoms with Crippen LogP contribution >= 0.6 is 0 Å². The molecule has 0 radical (unpaired) electrons. The summed E-state index contributed by atoms with van der Waals surface area (Å²) in [6.45, 7) is 2.74. The summed E-state index contributed by atoms with van der Waals surface area (Å²) in [5, 5.41) is 0. The normalized spacial score (nSPS) is 18.0. The maximum atomic E-state index is 12.9. The lowest BCUT2D eigenvalue weighted by Gasteiger charge is -2.26. The lowest BCUT2D eigenvalue weighted by atomic mass is 10.0. The summed E-state index contributed by atoms with van der Waals surface area (Å²) in [5.74, 6) is 0.0686. The maximum absolute atomic E-state index is 12.9. The molecular formula is C17H19N3O. The van der Waals surface area contributed by atoms with Crippen molar-refractivity contribution in [3.05, 3.63) is 59.4 Å². The van der Waals surface area contributed by atoms with Gasteiger partial charge in [0.15, 0.2) is 0 Å². The van der Waals surface area contributed by atoms with Gasteiger partial charge < -0.3 is 10.6 Å². The van der Waals surface area contributed by atoms with Crippen LogP contribution in [0.1, 0.15) is 40.4 Å². The number of benzene rings is 1. The Labute approximate surface area is 124 Å². The monoisotopic (exact) mass is 281 g/mol. The second-order valence-electron chi connectivity index (χ2n) is 5.51. The van der Waals surface area contributed by atoms with Crippen LogP contribution in [-0.4, -0.2) is 22.3 Å². The number of hydrogen-bond acceptors (Lipinski definition) is 3. The van der Waals surface area contributed by atoms with Gasteiger partial charge in [0, 0.05) is 30.2 Å². The number of pyridine rings is 1. The molecule has 21 heavy (non-hydrogen) atoms. The number of aryl methyl sites for hydroxylation is 1. The quantitative estimate of drug-likeness (QED) is 0.861. The lowest BCUT2D eigenvalue weighted by Crippen LogP contribution is -2.31. The molecule has 1 unspecified atom stereocenters. The molecule has 4 nitrogen and oxygen atoms in total. The third-order valence-electron chi connectivity index (χ3n) is 4.10. The van der Waals surface area contributed by atoms with Crippen molar-refractivity contribution in [3.63, 3.8) is 0 Å². The van der Waals surface area contributed by atoms with Crippen LogP contribution in [-0.2, 0) is 0 Å². The minimum Gasteiger partial charge on any atom is -0.399 e. The minimum atomic E-state index is 0.0686. The molecule has 0 spiro atoms. The summed E-state index contributed by atoms with van der Waals surface area (Å²) in [7, 11) is 0. The van der Waals surface area contributed by atoms with Crippen molar-refractivity contribution in [1.29, 1.82) is 0 Å². The van der Waals surface area contributed by atoms with Crippen LogP contribution in [0.25, 0.3) is 0 Å². The van der Waals surface area contributed by atoms with Gasteiger partial charge in [-0.25, -0.2) is 0 Å². The number of likely N-dealkylation sites (tertiary alicyclic amines) is 1. The van der Waals surface area contributed by atoms with Crippen molar-refractivity contribution in [3.8, 4) is 0 Å². The first-order valence-electron chi connectivity index (χ1n) is 7.24. The number of anilines is 1. The highest BCUT2D eigenvalue weighted by Crippen LogP contribution is 2.33. The van der Waals surface area contributed by atoms with Crippen molar-refractivity contribution >= 4 is 11.6 Å². The third kappa shape index (κ3) is 2.61. The van der Waals surface area contributed by atoms with Crippen LogP contribution < -0.4 is 5.73 Å². The van der Waals surface area contributed by atoms with Crippen LogP contribution in [0, 0.1) is 6.92 Å². The number of rotatable bonds is 2. The maximum Gasteiger partial charge on any atom is 0.254 e. The molecule has 108 valence electrons. The summed E-state index contributed by atoms with van der Waals surface area (Å²) in [6, 6.07) is 9.63. The Bertz CT molecular complexity index is 654. The Morgan fingerprint density at radius 1 is 1.29 bits per heavy atom. The Morgan fingerprint density at radius 2 is 2.05 bits per heavy atom. The van der Waals surface area contributed by atoms with Crippen LogP contribution in [0.2, 0.25) is 0 Å². The number of amides is 1. The lowest BCUT2D eigenvalue weighted by molar-refractivity contribution is 0.0735. The van der Waals surface area contributed by atoms with E-state index in [9.17, 15) is 4.79 Å². The molecule has 2 heterocycles. The Morgan fingerprint density at radius 3 is 2.81 bits per heavy atom. The Kier molecular flexibility index (Phi) is 3.60. The van der Waals surface area contributed by atoms with Gasteiger partial charge in [-0.3, -0.25) is 9.78 Å². The van der Waals surface area contributed by atoms with E-state index in [2.05, 4.69) is 4.98 Å². The van der Waals surface area contributed by atoms with Gasteiger partial charge in [-0.05, 0) is 55.2 Å². The van der Waals surface area contributed by atoms with Crippen molar-refractivity contribution in [2.24, 2.45) is 0 Å². The number of nitrogens with zero attached hydrogens (tertiary/aromatic N) is 2. The van der Waals surface area contributed by atoms with Crippen molar-refractivity contribution in [2.45, 2.75) is 25.8 Å². The average Bonchev–Trinajstić information content (AvgIpc) is 2.99. The number of hydrogen-bond donors (Lipinski definition) is 1.